The molecule has 5 heteroatoms. The van der Waals surface area contributed by atoms with E-state index in [4.69, 9.17) is 11.6 Å². The molecule has 1 saturated heterocycles. The molecule has 29 heavy (non-hydrogen) atoms. The molecule has 2 atom stereocenters. The predicted molar refractivity (Wildman–Crippen MR) is 119 cm³/mol. The fourth-order valence-electron chi connectivity index (χ4n) is 4.96. The van der Waals surface area contributed by atoms with E-state index in [2.05, 4.69) is 0 Å². The minimum Gasteiger partial charge on any atom is -0.380 e. The number of amides is 1. The molecular weight excluding hydrogens is 402 g/mol. The lowest BCUT2D eigenvalue weighted by Crippen LogP contribution is -2.44. The second kappa shape index (κ2) is 8.71. The fourth-order valence-corrected chi connectivity index (χ4v) is 5.50. The molecule has 4 rings (SSSR count). The molecule has 2 aliphatic rings. The van der Waals surface area contributed by atoms with Crippen LogP contribution in [0.25, 0.3) is 0 Å². The first-order valence-electron chi connectivity index (χ1n) is 10.5. The standard InChI is InChI=1S/C24H28ClNO2S/c1-29-21-13-9-18(10-14-21)24(28,17-7-11-19(25)12-8-17)22-15-16-26(23(22)27)20-5-3-2-4-6-20/h7-14,20,22,28H,2-6,15-16H2,1H3. The van der Waals surface area contributed by atoms with Crippen LogP contribution in [-0.4, -0.2) is 34.8 Å². The van der Waals surface area contributed by atoms with Crippen LogP contribution < -0.4 is 0 Å². The highest BCUT2D eigenvalue weighted by molar-refractivity contribution is 7.98. The zero-order chi connectivity index (χ0) is 20.4. The van der Waals surface area contributed by atoms with Gasteiger partial charge < -0.3 is 10.0 Å². The van der Waals surface area contributed by atoms with Gasteiger partial charge in [-0.1, -0.05) is 55.1 Å². The van der Waals surface area contributed by atoms with Gasteiger partial charge in [-0.3, -0.25) is 4.79 Å². The first-order valence-corrected chi connectivity index (χ1v) is 12.1. The van der Waals surface area contributed by atoms with E-state index in [9.17, 15) is 9.90 Å². The molecule has 0 bridgehead atoms. The van der Waals surface area contributed by atoms with E-state index in [0.29, 0.717) is 17.5 Å². The third-order valence-electron chi connectivity index (χ3n) is 6.57. The van der Waals surface area contributed by atoms with Crippen molar-refractivity contribution in [1.82, 2.24) is 4.90 Å². The Morgan fingerprint density at radius 2 is 1.55 bits per heavy atom. The topological polar surface area (TPSA) is 40.5 Å². The van der Waals surface area contributed by atoms with Gasteiger partial charge in [0.05, 0.1) is 5.92 Å². The number of likely N-dealkylation sites (tertiary alicyclic amines) is 1. The van der Waals surface area contributed by atoms with E-state index < -0.39 is 11.5 Å². The van der Waals surface area contributed by atoms with Gasteiger partial charge in [0.1, 0.15) is 5.60 Å². The summed E-state index contributed by atoms with van der Waals surface area (Å²) >= 11 is 7.76. The zero-order valence-electron chi connectivity index (χ0n) is 16.8. The Labute approximate surface area is 182 Å². The van der Waals surface area contributed by atoms with Crippen LogP contribution in [0.1, 0.15) is 49.7 Å². The summed E-state index contributed by atoms with van der Waals surface area (Å²) in [5.74, 6) is -0.394. The van der Waals surface area contributed by atoms with E-state index in [1.807, 2.05) is 47.6 Å². The summed E-state index contributed by atoms with van der Waals surface area (Å²) in [6, 6.07) is 15.5. The van der Waals surface area contributed by atoms with Gasteiger partial charge in [-0.25, -0.2) is 0 Å². The highest BCUT2D eigenvalue weighted by Gasteiger charge is 2.50. The van der Waals surface area contributed by atoms with E-state index in [-0.39, 0.29) is 5.91 Å². The summed E-state index contributed by atoms with van der Waals surface area (Å²) in [6.45, 7) is 0.729. The van der Waals surface area contributed by atoms with Crippen molar-refractivity contribution in [2.45, 2.75) is 55.1 Å². The Morgan fingerprint density at radius 3 is 2.14 bits per heavy atom. The molecule has 1 heterocycles. The van der Waals surface area contributed by atoms with Gasteiger partial charge in [0.2, 0.25) is 5.91 Å². The number of rotatable bonds is 5. The zero-order valence-corrected chi connectivity index (χ0v) is 18.4. The maximum atomic E-state index is 13.5. The van der Waals surface area contributed by atoms with Crippen molar-refractivity contribution in [1.29, 1.82) is 0 Å². The lowest BCUT2D eigenvalue weighted by atomic mass is 9.75. The number of nitrogens with zero attached hydrogens (tertiary/aromatic N) is 1. The van der Waals surface area contributed by atoms with Crippen LogP contribution in [0.4, 0.5) is 0 Å². The molecule has 2 aromatic carbocycles. The minimum atomic E-state index is -1.36. The Bertz CT molecular complexity index is 848. The van der Waals surface area contributed by atoms with Crippen LogP contribution in [0.3, 0.4) is 0 Å². The normalized spacial score (nSPS) is 22.7. The molecule has 1 aliphatic heterocycles. The van der Waals surface area contributed by atoms with Crippen molar-refractivity contribution in [3.8, 4) is 0 Å². The van der Waals surface area contributed by atoms with Crippen LogP contribution in [-0.2, 0) is 10.4 Å². The first kappa shape index (κ1) is 20.8. The predicted octanol–water partition coefficient (Wildman–Crippen LogP) is 5.48. The molecule has 1 amide bonds. The number of halogens is 1. The number of hydrogen-bond acceptors (Lipinski definition) is 3. The van der Waals surface area contributed by atoms with Crippen molar-refractivity contribution >= 4 is 29.3 Å². The van der Waals surface area contributed by atoms with Crippen molar-refractivity contribution in [2.75, 3.05) is 12.8 Å². The molecule has 2 aromatic rings. The quantitative estimate of drug-likeness (QED) is 0.640. The number of thioether (sulfide) groups is 1. The number of carbonyl (C=O) groups is 1. The molecule has 0 aromatic heterocycles. The number of aliphatic hydroxyl groups is 1. The molecule has 3 nitrogen and oxygen atoms in total. The molecular formula is C24H28ClNO2S. The lowest BCUT2D eigenvalue weighted by molar-refractivity contribution is -0.139. The maximum absolute atomic E-state index is 13.5. The second-order valence-electron chi connectivity index (χ2n) is 8.17. The molecule has 0 spiro atoms. The van der Waals surface area contributed by atoms with Crippen LogP contribution in [0.5, 0.6) is 0 Å². The van der Waals surface area contributed by atoms with E-state index in [1.165, 1.54) is 19.3 Å². The highest BCUT2D eigenvalue weighted by atomic mass is 35.5. The van der Waals surface area contributed by atoms with Crippen molar-refractivity contribution in [3.05, 3.63) is 64.7 Å². The van der Waals surface area contributed by atoms with E-state index in [0.717, 1.165) is 35.4 Å². The van der Waals surface area contributed by atoms with Gasteiger partial charge in [0.25, 0.3) is 0 Å². The Hall–Kier alpha value is -1.49. The van der Waals surface area contributed by atoms with Gasteiger partial charge in [0.15, 0.2) is 0 Å². The third kappa shape index (κ3) is 3.95. The molecule has 154 valence electrons. The number of carbonyl (C=O) groups excluding carboxylic acids is 1. The summed E-state index contributed by atoms with van der Waals surface area (Å²) < 4.78 is 0. The summed E-state index contributed by atoms with van der Waals surface area (Å²) in [4.78, 5) is 16.7. The Morgan fingerprint density at radius 1 is 0.966 bits per heavy atom. The van der Waals surface area contributed by atoms with Crippen molar-refractivity contribution in [2.24, 2.45) is 5.92 Å². The van der Waals surface area contributed by atoms with Gasteiger partial charge in [-0.2, -0.15) is 0 Å². The number of hydrogen-bond donors (Lipinski definition) is 1. The SMILES string of the molecule is CSc1ccc(C(O)(c2ccc(Cl)cc2)C2CCN(C3CCCCC3)C2=O)cc1. The summed E-state index contributed by atoms with van der Waals surface area (Å²) in [5.41, 5.74) is 0.131. The molecule has 1 N–H and O–H groups in total. The maximum Gasteiger partial charge on any atom is 0.229 e. The van der Waals surface area contributed by atoms with Crippen LogP contribution in [0, 0.1) is 5.92 Å². The van der Waals surface area contributed by atoms with Gasteiger partial charge >= 0.3 is 0 Å². The lowest BCUT2D eigenvalue weighted by Gasteiger charge is -2.36. The Balaban J connectivity index is 1.72. The minimum absolute atomic E-state index is 0.0864. The van der Waals surface area contributed by atoms with Crippen LogP contribution in [0.15, 0.2) is 53.4 Å². The monoisotopic (exact) mass is 429 g/mol. The fraction of sp³-hybridized carbons (Fsp3) is 0.458. The second-order valence-corrected chi connectivity index (χ2v) is 9.48. The largest absolute Gasteiger partial charge is 0.380 e. The molecule has 2 fully saturated rings. The Kier molecular flexibility index (Phi) is 6.24. The first-order chi connectivity index (χ1) is 14.0. The van der Waals surface area contributed by atoms with Crippen molar-refractivity contribution < 1.29 is 9.90 Å². The number of benzene rings is 2. The van der Waals surface area contributed by atoms with E-state index >= 15 is 0 Å². The van der Waals surface area contributed by atoms with Gasteiger partial charge in [-0.15, -0.1) is 11.8 Å². The third-order valence-corrected chi connectivity index (χ3v) is 7.57. The molecule has 2 unspecified atom stereocenters. The molecule has 0 radical (unpaired) electrons. The summed E-state index contributed by atoms with van der Waals surface area (Å²) in [7, 11) is 0. The smallest absolute Gasteiger partial charge is 0.229 e. The van der Waals surface area contributed by atoms with E-state index in [1.54, 1.807) is 23.9 Å². The summed E-state index contributed by atoms with van der Waals surface area (Å²) in [6.07, 6.45) is 8.51. The van der Waals surface area contributed by atoms with Gasteiger partial charge in [0, 0.05) is 22.5 Å². The highest BCUT2D eigenvalue weighted by Crippen LogP contribution is 2.44. The van der Waals surface area contributed by atoms with Gasteiger partial charge in [-0.05, 0) is 60.9 Å². The molecule has 1 saturated carbocycles. The summed E-state index contributed by atoms with van der Waals surface area (Å²) in [5, 5.41) is 12.7. The average Bonchev–Trinajstić information content (AvgIpc) is 3.16. The average molecular weight is 430 g/mol. The molecule has 1 aliphatic carbocycles. The van der Waals surface area contributed by atoms with Crippen LogP contribution >= 0.6 is 23.4 Å². The van der Waals surface area contributed by atoms with Crippen molar-refractivity contribution in [3.63, 3.8) is 0 Å². The van der Waals surface area contributed by atoms with Crippen LogP contribution in [0.2, 0.25) is 5.02 Å².